The second-order valence-corrected chi connectivity index (χ2v) is 4.47. The third-order valence-corrected chi connectivity index (χ3v) is 2.27. The lowest BCUT2D eigenvalue weighted by Crippen LogP contribution is -2.46. The molecule has 0 aliphatic heterocycles. The Kier molecular flexibility index (Phi) is 9.00. The molecule has 106 valence electrons. The van der Waals surface area contributed by atoms with Crippen molar-refractivity contribution in [3.8, 4) is 0 Å². The lowest BCUT2D eigenvalue weighted by Gasteiger charge is -2.16. The van der Waals surface area contributed by atoms with Crippen molar-refractivity contribution in [1.29, 1.82) is 0 Å². The van der Waals surface area contributed by atoms with E-state index in [2.05, 4.69) is 10.6 Å². The highest BCUT2D eigenvalue weighted by molar-refractivity contribution is 5.82. The molecule has 0 spiro atoms. The second kappa shape index (κ2) is 9.70. The molecule has 2 amide bonds. The van der Waals surface area contributed by atoms with Crippen molar-refractivity contribution in [2.24, 2.45) is 5.92 Å². The Labute approximate surface area is 108 Å². The first-order valence-electron chi connectivity index (χ1n) is 6.32. The molecule has 0 aromatic rings. The molecule has 1 atom stereocenters. The van der Waals surface area contributed by atoms with Gasteiger partial charge in [-0.2, -0.15) is 0 Å². The molecule has 0 aromatic carbocycles. The second-order valence-electron chi connectivity index (χ2n) is 4.47. The molecule has 3 N–H and O–H groups in total. The van der Waals surface area contributed by atoms with Crippen LogP contribution in [0.25, 0.3) is 0 Å². The first-order chi connectivity index (χ1) is 8.47. The Bertz CT molecular complexity index is 256. The van der Waals surface area contributed by atoms with E-state index < -0.39 is 18.0 Å². The number of nitrogens with one attached hydrogen (secondary N) is 2. The minimum absolute atomic E-state index is 0.212. The summed E-state index contributed by atoms with van der Waals surface area (Å²) in [6.07, 6.45) is 1.13. The summed E-state index contributed by atoms with van der Waals surface area (Å²) in [5.41, 5.74) is 0. The number of ether oxygens (including phenoxy) is 1. The molecular formula is C12H24N2O4. The summed E-state index contributed by atoms with van der Waals surface area (Å²) in [6, 6.07) is -1.28. The molecule has 18 heavy (non-hydrogen) atoms. The number of carbonyl (C=O) groups excluding carboxylic acids is 1. The van der Waals surface area contributed by atoms with Crippen molar-refractivity contribution in [3.05, 3.63) is 0 Å². The molecule has 0 heterocycles. The van der Waals surface area contributed by atoms with E-state index in [0.717, 1.165) is 0 Å². The van der Waals surface area contributed by atoms with Crippen LogP contribution in [-0.2, 0) is 9.53 Å². The summed E-state index contributed by atoms with van der Waals surface area (Å²) in [7, 11) is 0. The fraction of sp³-hybridized carbons (Fsp3) is 0.833. The van der Waals surface area contributed by atoms with Gasteiger partial charge in [0.25, 0.3) is 0 Å². The number of hydrogen-bond acceptors (Lipinski definition) is 3. The fourth-order valence-corrected chi connectivity index (χ4v) is 1.42. The average molecular weight is 260 g/mol. The van der Waals surface area contributed by atoms with Gasteiger partial charge in [-0.25, -0.2) is 9.59 Å². The van der Waals surface area contributed by atoms with Crippen LogP contribution in [-0.4, -0.2) is 42.9 Å². The normalized spacial score (nSPS) is 12.2. The van der Waals surface area contributed by atoms with Crippen molar-refractivity contribution in [1.82, 2.24) is 10.6 Å². The molecule has 6 heteroatoms. The monoisotopic (exact) mass is 260 g/mol. The van der Waals surface area contributed by atoms with E-state index >= 15 is 0 Å². The molecule has 0 saturated heterocycles. The molecule has 0 saturated carbocycles. The maximum absolute atomic E-state index is 11.4. The lowest BCUT2D eigenvalue weighted by atomic mass is 10.0. The number of aliphatic carboxylic acids is 1. The van der Waals surface area contributed by atoms with Crippen molar-refractivity contribution in [3.63, 3.8) is 0 Å². The van der Waals surface area contributed by atoms with Crippen molar-refractivity contribution >= 4 is 12.0 Å². The number of rotatable bonds is 9. The number of urea groups is 1. The van der Waals surface area contributed by atoms with Crippen LogP contribution < -0.4 is 10.6 Å². The van der Waals surface area contributed by atoms with E-state index in [-0.39, 0.29) is 5.92 Å². The molecule has 0 aliphatic rings. The first-order valence-corrected chi connectivity index (χ1v) is 6.32. The molecule has 0 fully saturated rings. The molecular weight excluding hydrogens is 236 g/mol. The largest absolute Gasteiger partial charge is 0.480 e. The van der Waals surface area contributed by atoms with Gasteiger partial charge in [-0.3, -0.25) is 0 Å². The highest BCUT2D eigenvalue weighted by atomic mass is 16.5. The van der Waals surface area contributed by atoms with Gasteiger partial charge >= 0.3 is 12.0 Å². The summed E-state index contributed by atoms with van der Waals surface area (Å²) in [6.45, 7) is 7.45. The Balaban J connectivity index is 3.85. The highest BCUT2D eigenvalue weighted by Gasteiger charge is 2.20. The van der Waals surface area contributed by atoms with Gasteiger partial charge in [0.2, 0.25) is 0 Å². The Morgan fingerprint density at radius 1 is 1.33 bits per heavy atom. The highest BCUT2D eigenvalue weighted by Crippen LogP contribution is 2.04. The maximum Gasteiger partial charge on any atom is 0.326 e. The van der Waals surface area contributed by atoms with Crippen molar-refractivity contribution in [2.75, 3.05) is 19.8 Å². The first kappa shape index (κ1) is 16.7. The van der Waals surface area contributed by atoms with Crippen LogP contribution in [0.5, 0.6) is 0 Å². The SMILES string of the molecule is CCOCCCNC(=O)N[C@H](CC(C)C)C(=O)O. The minimum Gasteiger partial charge on any atom is -0.480 e. The average Bonchev–Trinajstić information content (AvgIpc) is 2.27. The smallest absolute Gasteiger partial charge is 0.326 e. The molecule has 0 unspecified atom stereocenters. The van der Waals surface area contributed by atoms with E-state index in [9.17, 15) is 9.59 Å². The topological polar surface area (TPSA) is 87.7 Å². The van der Waals surface area contributed by atoms with Gasteiger partial charge in [0.15, 0.2) is 0 Å². The van der Waals surface area contributed by atoms with E-state index in [1.54, 1.807) is 0 Å². The fourth-order valence-electron chi connectivity index (χ4n) is 1.42. The van der Waals surface area contributed by atoms with Crippen LogP contribution in [0.1, 0.15) is 33.6 Å². The predicted molar refractivity (Wildman–Crippen MR) is 68.5 cm³/mol. The Morgan fingerprint density at radius 3 is 2.50 bits per heavy atom. The van der Waals surface area contributed by atoms with Gasteiger partial charge in [-0.1, -0.05) is 13.8 Å². The van der Waals surface area contributed by atoms with Crippen LogP contribution in [0, 0.1) is 5.92 Å². The quantitative estimate of drug-likeness (QED) is 0.544. The number of carbonyl (C=O) groups is 2. The van der Waals surface area contributed by atoms with Gasteiger partial charge in [0.1, 0.15) is 6.04 Å². The van der Waals surface area contributed by atoms with E-state index in [1.807, 2.05) is 20.8 Å². The third-order valence-electron chi connectivity index (χ3n) is 2.27. The van der Waals surface area contributed by atoms with Crippen LogP contribution in [0.15, 0.2) is 0 Å². The summed E-state index contributed by atoms with van der Waals surface area (Å²) in [5, 5.41) is 14.0. The Hall–Kier alpha value is -1.30. The van der Waals surface area contributed by atoms with E-state index in [4.69, 9.17) is 9.84 Å². The number of carboxylic acid groups (broad SMARTS) is 1. The van der Waals surface area contributed by atoms with Gasteiger partial charge in [0.05, 0.1) is 0 Å². The Morgan fingerprint density at radius 2 is 2.00 bits per heavy atom. The number of carboxylic acids is 1. The number of amides is 2. The molecule has 0 radical (unpaired) electrons. The zero-order valence-electron chi connectivity index (χ0n) is 11.4. The molecule has 0 aliphatic carbocycles. The summed E-state index contributed by atoms with van der Waals surface area (Å²) < 4.78 is 5.12. The molecule has 6 nitrogen and oxygen atoms in total. The van der Waals surface area contributed by atoms with Crippen LogP contribution >= 0.6 is 0 Å². The van der Waals surface area contributed by atoms with Crippen LogP contribution in [0.3, 0.4) is 0 Å². The minimum atomic E-state index is -1.01. The maximum atomic E-state index is 11.4. The van der Waals surface area contributed by atoms with E-state index in [1.165, 1.54) is 0 Å². The van der Waals surface area contributed by atoms with Crippen LogP contribution in [0.2, 0.25) is 0 Å². The summed E-state index contributed by atoms with van der Waals surface area (Å²) in [5.74, 6) is -0.794. The van der Waals surface area contributed by atoms with Gasteiger partial charge in [0, 0.05) is 19.8 Å². The molecule has 0 bridgehead atoms. The summed E-state index contributed by atoms with van der Waals surface area (Å²) >= 11 is 0. The zero-order valence-corrected chi connectivity index (χ0v) is 11.4. The molecule has 0 aromatic heterocycles. The number of hydrogen-bond donors (Lipinski definition) is 3. The van der Waals surface area contributed by atoms with Gasteiger partial charge in [-0.05, 0) is 25.7 Å². The van der Waals surface area contributed by atoms with Crippen molar-refractivity contribution in [2.45, 2.75) is 39.7 Å². The molecule has 0 rings (SSSR count). The standard InChI is InChI=1S/C12H24N2O4/c1-4-18-7-5-6-13-12(17)14-10(11(15)16)8-9(2)3/h9-10H,4-8H2,1-3H3,(H,15,16)(H2,13,14,17)/t10-/m1/s1. The van der Waals surface area contributed by atoms with Gasteiger partial charge < -0.3 is 20.5 Å². The van der Waals surface area contributed by atoms with Crippen LogP contribution in [0.4, 0.5) is 4.79 Å². The third kappa shape index (κ3) is 8.81. The predicted octanol–water partition coefficient (Wildman–Crippen LogP) is 1.21. The zero-order chi connectivity index (χ0) is 14.0. The van der Waals surface area contributed by atoms with E-state index in [0.29, 0.717) is 32.6 Å². The summed E-state index contributed by atoms with van der Waals surface area (Å²) in [4.78, 5) is 22.4. The van der Waals surface area contributed by atoms with Crippen molar-refractivity contribution < 1.29 is 19.4 Å². The van der Waals surface area contributed by atoms with Gasteiger partial charge in [-0.15, -0.1) is 0 Å². The lowest BCUT2D eigenvalue weighted by molar-refractivity contribution is -0.139.